The maximum Gasteiger partial charge on any atom is 0.341 e. The van der Waals surface area contributed by atoms with E-state index < -0.39 is 23.7 Å². The Morgan fingerprint density at radius 1 is 1.23 bits per heavy atom. The number of benzene rings is 1. The van der Waals surface area contributed by atoms with E-state index in [1.165, 1.54) is 12.1 Å². The molecule has 0 aliphatic carbocycles. The predicted octanol–water partition coefficient (Wildman–Crippen LogP) is 3.61. The molecule has 8 nitrogen and oxygen atoms in total. The minimum absolute atomic E-state index is 0.149. The molecule has 0 unspecified atom stereocenters. The molecule has 1 N–H and O–H groups in total. The van der Waals surface area contributed by atoms with Gasteiger partial charge in [0.1, 0.15) is 6.54 Å². The van der Waals surface area contributed by atoms with Crippen molar-refractivity contribution >= 4 is 68.4 Å². The van der Waals surface area contributed by atoms with E-state index in [-0.39, 0.29) is 28.1 Å². The summed E-state index contributed by atoms with van der Waals surface area (Å²) < 4.78 is 5.54. The van der Waals surface area contributed by atoms with Gasteiger partial charge in [0, 0.05) is 13.1 Å². The summed E-state index contributed by atoms with van der Waals surface area (Å²) in [6.07, 6.45) is 4.42. The van der Waals surface area contributed by atoms with E-state index in [1.807, 2.05) is 0 Å². The van der Waals surface area contributed by atoms with Crippen LogP contribution in [0.4, 0.5) is 4.79 Å². The molecule has 3 amide bonds. The molecule has 1 aromatic carbocycles. The number of amides is 3. The Morgan fingerprint density at radius 2 is 1.93 bits per heavy atom. The van der Waals surface area contributed by atoms with Crippen molar-refractivity contribution in [1.29, 1.82) is 0 Å². The molecule has 3 rings (SSSR count). The second-order valence-corrected chi connectivity index (χ2v) is 8.96. The van der Waals surface area contributed by atoms with E-state index in [0.29, 0.717) is 23.1 Å². The van der Waals surface area contributed by atoms with Crippen LogP contribution in [0.2, 0.25) is 5.02 Å². The maximum atomic E-state index is 12.7. The molecule has 2 fully saturated rings. The van der Waals surface area contributed by atoms with Crippen molar-refractivity contribution < 1.29 is 29.0 Å². The molecule has 0 spiro atoms. The number of piperidine rings is 1. The number of carbonyl (C=O) groups excluding carboxylic acids is 3. The number of carbonyl (C=O) groups is 4. The SMILES string of the molecule is O=C(O)COc1c(Cl)cc(/C=C2\SC(=O)N(CC(=O)N3CCCCC3)C2=O)cc1Br. The van der Waals surface area contributed by atoms with Crippen LogP contribution in [0, 0.1) is 0 Å². The van der Waals surface area contributed by atoms with Crippen molar-refractivity contribution in [2.45, 2.75) is 19.3 Å². The molecular formula is C19H18BrClN2O6S. The maximum absolute atomic E-state index is 12.7. The predicted molar refractivity (Wildman–Crippen MR) is 115 cm³/mol. The lowest BCUT2D eigenvalue weighted by atomic mass is 10.1. The van der Waals surface area contributed by atoms with Crippen LogP contribution in [0.1, 0.15) is 24.8 Å². The van der Waals surface area contributed by atoms with E-state index >= 15 is 0 Å². The summed E-state index contributed by atoms with van der Waals surface area (Å²) in [5, 5.41) is 8.38. The van der Waals surface area contributed by atoms with Gasteiger partial charge in [-0.2, -0.15) is 0 Å². The molecule has 0 atom stereocenters. The first kappa shape index (κ1) is 22.6. The zero-order valence-corrected chi connectivity index (χ0v) is 18.9. The number of nitrogens with zero attached hydrogens (tertiary/aromatic N) is 2. The van der Waals surface area contributed by atoms with Crippen LogP contribution in [0.15, 0.2) is 21.5 Å². The third kappa shape index (κ3) is 5.35. The average molecular weight is 518 g/mol. The van der Waals surface area contributed by atoms with E-state index in [0.717, 1.165) is 35.9 Å². The number of imide groups is 1. The van der Waals surface area contributed by atoms with Crippen molar-refractivity contribution in [3.63, 3.8) is 0 Å². The van der Waals surface area contributed by atoms with Crippen LogP contribution in [0.25, 0.3) is 6.08 Å². The van der Waals surface area contributed by atoms with Gasteiger partial charge in [0.2, 0.25) is 5.91 Å². The van der Waals surface area contributed by atoms with Gasteiger partial charge in [0.15, 0.2) is 12.4 Å². The van der Waals surface area contributed by atoms with Crippen molar-refractivity contribution in [1.82, 2.24) is 9.80 Å². The molecule has 11 heteroatoms. The van der Waals surface area contributed by atoms with Gasteiger partial charge in [0.05, 0.1) is 14.4 Å². The molecule has 2 aliphatic heterocycles. The number of thioether (sulfide) groups is 1. The Bertz CT molecular complexity index is 909. The van der Waals surface area contributed by atoms with E-state index in [1.54, 1.807) is 11.0 Å². The molecular weight excluding hydrogens is 500 g/mol. The highest BCUT2D eigenvalue weighted by atomic mass is 79.9. The van der Waals surface area contributed by atoms with Gasteiger partial charge in [-0.3, -0.25) is 19.3 Å². The topological polar surface area (TPSA) is 104 Å². The Labute approximate surface area is 190 Å². The first-order valence-corrected chi connectivity index (χ1v) is 11.1. The zero-order valence-electron chi connectivity index (χ0n) is 15.7. The van der Waals surface area contributed by atoms with E-state index in [9.17, 15) is 19.2 Å². The summed E-state index contributed by atoms with van der Waals surface area (Å²) in [6, 6.07) is 3.09. The lowest BCUT2D eigenvalue weighted by molar-refractivity contribution is -0.139. The summed E-state index contributed by atoms with van der Waals surface area (Å²) in [6.45, 7) is 0.470. The summed E-state index contributed by atoms with van der Waals surface area (Å²) in [4.78, 5) is 50.8. The van der Waals surface area contributed by atoms with Gasteiger partial charge in [0.25, 0.3) is 11.1 Å². The van der Waals surface area contributed by atoms with Crippen LogP contribution in [-0.4, -0.2) is 64.2 Å². The van der Waals surface area contributed by atoms with E-state index in [4.69, 9.17) is 21.4 Å². The number of rotatable bonds is 6. The molecule has 0 radical (unpaired) electrons. The number of likely N-dealkylation sites (tertiary alicyclic amines) is 1. The van der Waals surface area contributed by atoms with Gasteiger partial charge < -0.3 is 14.7 Å². The van der Waals surface area contributed by atoms with Crippen LogP contribution in [-0.2, 0) is 14.4 Å². The Hall–Kier alpha value is -2.04. The quantitative estimate of drug-likeness (QED) is 0.575. The Kier molecular flexibility index (Phi) is 7.43. The minimum atomic E-state index is -1.14. The fourth-order valence-electron chi connectivity index (χ4n) is 3.10. The smallest absolute Gasteiger partial charge is 0.341 e. The Morgan fingerprint density at radius 3 is 2.57 bits per heavy atom. The third-order valence-corrected chi connectivity index (χ3v) is 6.31. The summed E-state index contributed by atoms with van der Waals surface area (Å²) >= 11 is 10.2. The highest BCUT2D eigenvalue weighted by Gasteiger charge is 2.37. The van der Waals surface area contributed by atoms with Crippen molar-refractivity contribution in [2.24, 2.45) is 0 Å². The van der Waals surface area contributed by atoms with Crippen LogP contribution < -0.4 is 4.74 Å². The highest BCUT2D eigenvalue weighted by Crippen LogP contribution is 2.37. The number of halogens is 2. The largest absolute Gasteiger partial charge is 0.479 e. The monoisotopic (exact) mass is 516 g/mol. The highest BCUT2D eigenvalue weighted by molar-refractivity contribution is 9.10. The number of aliphatic carboxylic acids is 1. The van der Waals surface area contributed by atoms with Gasteiger partial charge >= 0.3 is 5.97 Å². The molecule has 0 saturated carbocycles. The fourth-order valence-corrected chi connectivity index (χ4v) is 4.93. The summed E-state index contributed by atoms with van der Waals surface area (Å²) in [5.74, 6) is -1.75. The van der Waals surface area contributed by atoms with Gasteiger partial charge in [-0.1, -0.05) is 11.6 Å². The molecule has 0 bridgehead atoms. The summed E-state index contributed by atoms with van der Waals surface area (Å²) in [5.41, 5.74) is 0.516. The number of hydrogen-bond acceptors (Lipinski definition) is 6. The van der Waals surface area contributed by atoms with Crippen LogP contribution >= 0.6 is 39.3 Å². The second-order valence-electron chi connectivity index (χ2n) is 6.71. The summed E-state index contributed by atoms with van der Waals surface area (Å²) in [7, 11) is 0. The number of carboxylic acid groups (broad SMARTS) is 1. The molecule has 2 heterocycles. The van der Waals surface area contributed by atoms with E-state index in [2.05, 4.69) is 15.9 Å². The first-order chi connectivity index (χ1) is 14.3. The second kappa shape index (κ2) is 9.84. The average Bonchev–Trinajstić information content (AvgIpc) is 2.95. The Balaban J connectivity index is 1.73. The molecule has 0 aromatic heterocycles. The number of carboxylic acids is 1. The standard InChI is InChI=1S/C19H18BrClN2O6S/c20-12-6-11(7-13(21)17(12)29-10-16(25)26)8-14-18(27)23(19(28)30-14)9-15(24)22-4-2-1-3-5-22/h6-8H,1-5,9-10H2,(H,25,26)/b14-8-. The van der Waals surface area contributed by atoms with Gasteiger partial charge in [-0.15, -0.1) is 0 Å². The normalized spacial score (nSPS) is 18.3. The van der Waals surface area contributed by atoms with Gasteiger partial charge in [-0.25, -0.2) is 4.79 Å². The molecule has 160 valence electrons. The molecule has 30 heavy (non-hydrogen) atoms. The minimum Gasteiger partial charge on any atom is -0.479 e. The van der Waals surface area contributed by atoms with Crippen LogP contribution in [0.3, 0.4) is 0 Å². The molecule has 2 saturated heterocycles. The zero-order chi connectivity index (χ0) is 21.8. The fraction of sp³-hybridized carbons (Fsp3) is 0.368. The molecule has 1 aromatic rings. The van der Waals surface area contributed by atoms with Crippen molar-refractivity contribution in [3.05, 3.63) is 32.1 Å². The lowest BCUT2D eigenvalue weighted by Crippen LogP contribution is -2.44. The van der Waals surface area contributed by atoms with Gasteiger partial charge in [-0.05, 0) is 70.7 Å². The number of ether oxygens (including phenoxy) is 1. The van der Waals surface area contributed by atoms with Crippen LogP contribution in [0.5, 0.6) is 5.75 Å². The van der Waals surface area contributed by atoms with Crippen molar-refractivity contribution in [3.8, 4) is 5.75 Å². The van der Waals surface area contributed by atoms with Crippen molar-refractivity contribution in [2.75, 3.05) is 26.2 Å². The number of hydrogen-bond donors (Lipinski definition) is 1. The first-order valence-electron chi connectivity index (χ1n) is 9.13. The lowest BCUT2D eigenvalue weighted by Gasteiger charge is -2.27. The molecule has 2 aliphatic rings. The third-order valence-electron chi connectivity index (χ3n) is 4.53.